The van der Waals surface area contributed by atoms with Gasteiger partial charge in [0.2, 0.25) is 5.95 Å². The highest BCUT2D eigenvalue weighted by atomic mass is 32.1. The molecule has 0 aliphatic heterocycles. The van der Waals surface area contributed by atoms with Crippen molar-refractivity contribution >= 4 is 28.3 Å². The molecule has 3 heterocycles. The number of hydrogen-bond acceptors (Lipinski definition) is 5. The van der Waals surface area contributed by atoms with E-state index in [1.54, 1.807) is 23.9 Å². The number of anilines is 1. The molecule has 1 atom stereocenters. The summed E-state index contributed by atoms with van der Waals surface area (Å²) in [6, 6.07) is 14.3. The number of nitrogens with zero attached hydrogens (tertiary/aromatic N) is 4. The Hall–Kier alpha value is -2.73. The normalized spacial score (nSPS) is 12.4. The summed E-state index contributed by atoms with van der Waals surface area (Å²) in [5.74, 6) is 1.42. The first-order valence-corrected chi connectivity index (χ1v) is 8.61. The minimum atomic E-state index is 0.165. The molecule has 24 heavy (non-hydrogen) atoms. The summed E-state index contributed by atoms with van der Waals surface area (Å²) >= 11 is 1.79. The van der Waals surface area contributed by atoms with Crippen molar-refractivity contribution < 1.29 is 0 Å². The van der Waals surface area contributed by atoms with E-state index in [1.165, 1.54) is 9.75 Å². The first kappa shape index (κ1) is 14.8. The fraction of sp³-hybridized carbons (Fsp3) is 0.167. The van der Waals surface area contributed by atoms with Crippen LogP contribution in [0, 0.1) is 6.92 Å². The van der Waals surface area contributed by atoms with E-state index in [-0.39, 0.29) is 6.04 Å². The Morgan fingerprint density at radius 2 is 1.96 bits per heavy atom. The minimum Gasteiger partial charge on any atom is -0.347 e. The van der Waals surface area contributed by atoms with Crippen LogP contribution in [0.15, 0.2) is 55.0 Å². The molecule has 0 radical (unpaired) electrons. The molecule has 0 fully saturated rings. The van der Waals surface area contributed by atoms with Gasteiger partial charge in [-0.3, -0.25) is 4.57 Å². The van der Waals surface area contributed by atoms with Crippen LogP contribution in [0.25, 0.3) is 16.9 Å². The number of aryl methyl sites for hydroxylation is 1. The molecule has 0 saturated carbocycles. The van der Waals surface area contributed by atoms with Crippen LogP contribution in [0.1, 0.15) is 22.7 Å². The van der Waals surface area contributed by atoms with E-state index < -0.39 is 0 Å². The Kier molecular flexibility index (Phi) is 3.74. The summed E-state index contributed by atoms with van der Waals surface area (Å²) in [7, 11) is 0. The maximum absolute atomic E-state index is 4.64. The largest absolute Gasteiger partial charge is 0.347 e. The Balaban J connectivity index is 1.64. The van der Waals surface area contributed by atoms with Crippen molar-refractivity contribution in [3.8, 4) is 5.82 Å². The highest BCUT2D eigenvalue weighted by Gasteiger charge is 2.11. The quantitative estimate of drug-likeness (QED) is 0.602. The number of thiophene rings is 1. The van der Waals surface area contributed by atoms with Crippen molar-refractivity contribution in [3.63, 3.8) is 0 Å². The minimum absolute atomic E-state index is 0.165. The predicted molar refractivity (Wildman–Crippen MR) is 97.8 cm³/mol. The van der Waals surface area contributed by atoms with Gasteiger partial charge < -0.3 is 5.32 Å². The van der Waals surface area contributed by atoms with E-state index in [9.17, 15) is 0 Å². The number of benzene rings is 1. The highest BCUT2D eigenvalue weighted by molar-refractivity contribution is 7.12. The van der Waals surface area contributed by atoms with Gasteiger partial charge in [0, 0.05) is 16.0 Å². The topological polar surface area (TPSA) is 55.6 Å². The molecule has 5 nitrogen and oxygen atoms in total. The molecule has 3 aromatic heterocycles. The summed E-state index contributed by atoms with van der Waals surface area (Å²) in [6.45, 7) is 4.23. The lowest BCUT2D eigenvalue weighted by atomic mass is 10.3. The second kappa shape index (κ2) is 6.05. The number of nitrogens with one attached hydrogen (secondary N) is 1. The van der Waals surface area contributed by atoms with E-state index in [2.05, 4.69) is 46.2 Å². The van der Waals surface area contributed by atoms with Gasteiger partial charge in [-0.05, 0) is 44.2 Å². The van der Waals surface area contributed by atoms with Crippen molar-refractivity contribution in [2.45, 2.75) is 19.9 Å². The highest BCUT2D eigenvalue weighted by Crippen LogP contribution is 2.25. The van der Waals surface area contributed by atoms with Crippen LogP contribution in [-0.2, 0) is 0 Å². The van der Waals surface area contributed by atoms with Crippen molar-refractivity contribution in [2.24, 2.45) is 0 Å². The summed E-state index contributed by atoms with van der Waals surface area (Å²) in [5.41, 5.74) is 1.98. The number of imidazole rings is 1. The van der Waals surface area contributed by atoms with Crippen LogP contribution in [0.5, 0.6) is 0 Å². The number of para-hydroxylation sites is 2. The Bertz CT molecular complexity index is 988. The maximum Gasteiger partial charge on any atom is 0.225 e. The molecule has 0 spiro atoms. The third-order valence-electron chi connectivity index (χ3n) is 3.87. The molecule has 0 saturated heterocycles. The smallest absolute Gasteiger partial charge is 0.225 e. The average molecular weight is 335 g/mol. The Labute approximate surface area is 144 Å². The van der Waals surface area contributed by atoms with Crippen molar-refractivity contribution in [2.75, 3.05) is 5.32 Å². The number of fused-ring (bicyclic) bond motifs is 1. The lowest BCUT2D eigenvalue weighted by Crippen LogP contribution is -2.09. The van der Waals surface area contributed by atoms with Crippen LogP contribution < -0.4 is 5.32 Å². The Morgan fingerprint density at radius 3 is 2.79 bits per heavy atom. The molecule has 6 heteroatoms. The molecule has 4 aromatic rings. The monoisotopic (exact) mass is 335 g/mol. The zero-order valence-electron chi connectivity index (χ0n) is 13.5. The first-order valence-electron chi connectivity index (χ1n) is 7.79. The third kappa shape index (κ3) is 2.76. The van der Waals surface area contributed by atoms with Gasteiger partial charge in [0.25, 0.3) is 0 Å². The van der Waals surface area contributed by atoms with E-state index in [1.807, 2.05) is 34.9 Å². The van der Waals surface area contributed by atoms with Gasteiger partial charge in [-0.15, -0.1) is 11.3 Å². The standard InChI is InChI=1S/C18H17N5S/c1-12-7-8-16(24-12)13(2)21-18-19-10-9-17(22-18)23-11-20-14-5-3-4-6-15(14)23/h3-11,13H,1-2H3,(H,19,21,22). The molecule has 1 unspecified atom stereocenters. The maximum atomic E-state index is 4.64. The van der Waals surface area contributed by atoms with E-state index in [0.717, 1.165) is 16.9 Å². The molecule has 0 amide bonds. The van der Waals surface area contributed by atoms with Crippen LogP contribution in [0.4, 0.5) is 5.95 Å². The summed E-state index contributed by atoms with van der Waals surface area (Å²) in [4.78, 5) is 16.0. The molecule has 1 aromatic carbocycles. The molecule has 1 N–H and O–H groups in total. The zero-order valence-corrected chi connectivity index (χ0v) is 14.3. The van der Waals surface area contributed by atoms with E-state index in [4.69, 9.17) is 0 Å². The number of rotatable bonds is 4. The molecule has 0 bridgehead atoms. The predicted octanol–water partition coefficient (Wildman–Crippen LogP) is 4.36. The van der Waals surface area contributed by atoms with Gasteiger partial charge in [0.15, 0.2) is 0 Å². The number of aromatic nitrogens is 4. The van der Waals surface area contributed by atoms with Gasteiger partial charge in [-0.25, -0.2) is 9.97 Å². The molecule has 120 valence electrons. The van der Waals surface area contributed by atoms with Gasteiger partial charge in [-0.1, -0.05) is 12.1 Å². The Morgan fingerprint density at radius 1 is 1.08 bits per heavy atom. The fourth-order valence-corrected chi connectivity index (χ4v) is 3.53. The summed E-state index contributed by atoms with van der Waals surface area (Å²) in [6.07, 6.45) is 3.56. The van der Waals surface area contributed by atoms with Crippen LogP contribution in [-0.4, -0.2) is 19.5 Å². The summed E-state index contributed by atoms with van der Waals surface area (Å²) < 4.78 is 1.97. The molecule has 0 aliphatic carbocycles. The van der Waals surface area contributed by atoms with Gasteiger partial charge in [0.05, 0.1) is 17.1 Å². The average Bonchev–Trinajstić information content (AvgIpc) is 3.21. The first-order chi connectivity index (χ1) is 11.7. The van der Waals surface area contributed by atoms with Gasteiger partial charge in [-0.2, -0.15) is 4.98 Å². The van der Waals surface area contributed by atoms with Crippen molar-refractivity contribution in [1.29, 1.82) is 0 Å². The molecule has 4 rings (SSSR count). The third-order valence-corrected chi connectivity index (χ3v) is 5.06. The SMILES string of the molecule is Cc1ccc(C(C)Nc2nccc(-n3cnc4ccccc43)n2)s1. The molecular weight excluding hydrogens is 318 g/mol. The van der Waals surface area contributed by atoms with E-state index >= 15 is 0 Å². The molecule has 0 aliphatic rings. The van der Waals surface area contributed by atoms with Crippen LogP contribution in [0.2, 0.25) is 0 Å². The summed E-state index contributed by atoms with van der Waals surface area (Å²) in [5, 5.41) is 3.38. The number of hydrogen-bond donors (Lipinski definition) is 1. The van der Waals surface area contributed by atoms with Crippen LogP contribution in [0.3, 0.4) is 0 Å². The van der Waals surface area contributed by atoms with E-state index in [0.29, 0.717) is 5.95 Å². The van der Waals surface area contributed by atoms with Gasteiger partial charge >= 0.3 is 0 Å². The second-order valence-electron chi connectivity index (χ2n) is 5.66. The van der Waals surface area contributed by atoms with Crippen molar-refractivity contribution in [3.05, 3.63) is 64.7 Å². The van der Waals surface area contributed by atoms with Crippen LogP contribution >= 0.6 is 11.3 Å². The lowest BCUT2D eigenvalue weighted by molar-refractivity contribution is 0.871. The lowest BCUT2D eigenvalue weighted by Gasteiger charge is -2.13. The van der Waals surface area contributed by atoms with Gasteiger partial charge in [0.1, 0.15) is 12.1 Å². The zero-order chi connectivity index (χ0) is 16.5. The molecular formula is C18H17N5S. The van der Waals surface area contributed by atoms with Crippen molar-refractivity contribution in [1.82, 2.24) is 19.5 Å². The second-order valence-corrected chi connectivity index (χ2v) is 6.98. The fourth-order valence-electron chi connectivity index (χ4n) is 2.65.